The molecule has 1 heterocycles. The van der Waals surface area contributed by atoms with E-state index in [1.165, 1.54) is 24.3 Å². The molecule has 0 unspecified atom stereocenters. The third kappa shape index (κ3) is 4.17. The predicted octanol–water partition coefficient (Wildman–Crippen LogP) is 2.33. The number of non-ortho nitro benzene ring substituents is 1. The summed E-state index contributed by atoms with van der Waals surface area (Å²) in [6.45, 7) is 0.962. The van der Waals surface area contributed by atoms with Gasteiger partial charge in [0.15, 0.2) is 0 Å². The van der Waals surface area contributed by atoms with E-state index in [9.17, 15) is 14.9 Å². The lowest BCUT2D eigenvalue weighted by Gasteiger charge is -2.08. The lowest BCUT2D eigenvalue weighted by Crippen LogP contribution is -2.16. The number of nitro groups is 1. The Balaban J connectivity index is 1.86. The van der Waals surface area contributed by atoms with E-state index in [-0.39, 0.29) is 18.4 Å². The lowest BCUT2D eigenvalue weighted by atomic mass is 10.2. The fourth-order valence-electron chi connectivity index (χ4n) is 1.91. The van der Waals surface area contributed by atoms with Gasteiger partial charge in [-0.3, -0.25) is 10.1 Å². The van der Waals surface area contributed by atoms with Gasteiger partial charge < -0.3 is 9.47 Å². The number of hydrogen-bond donors (Lipinski definition) is 0. The molecule has 1 aliphatic rings. The van der Waals surface area contributed by atoms with Crippen molar-refractivity contribution in [2.45, 2.75) is 18.9 Å². The van der Waals surface area contributed by atoms with Crippen LogP contribution in [0.3, 0.4) is 0 Å². The molecule has 2 rings (SSSR count). The number of rotatable bonds is 5. The van der Waals surface area contributed by atoms with E-state index in [4.69, 9.17) is 9.47 Å². The van der Waals surface area contributed by atoms with Crippen LogP contribution >= 0.6 is 0 Å². The summed E-state index contributed by atoms with van der Waals surface area (Å²) in [7, 11) is 0. The van der Waals surface area contributed by atoms with Crippen LogP contribution < -0.4 is 0 Å². The summed E-state index contributed by atoms with van der Waals surface area (Å²) in [6, 6.07) is 6.03. The largest absolute Gasteiger partial charge is 0.460 e. The van der Waals surface area contributed by atoms with E-state index in [2.05, 4.69) is 0 Å². The molecule has 1 aliphatic heterocycles. The molecule has 20 heavy (non-hydrogen) atoms. The van der Waals surface area contributed by atoms with Gasteiger partial charge in [-0.2, -0.15) is 0 Å². The van der Waals surface area contributed by atoms with E-state index < -0.39 is 10.9 Å². The minimum Gasteiger partial charge on any atom is -0.460 e. The number of hydrogen-bond acceptors (Lipinski definition) is 5. The first kappa shape index (κ1) is 14.2. The zero-order chi connectivity index (χ0) is 14.4. The summed E-state index contributed by atoms with van der Waals surface area (Å²) in [5.41, 5.74) is 0.563. The second kappa shape index (κ2) is 6.81. The van der Waals surface area contributed by atoms with Crippen LogP contribution in [0.15, 0.2) is 30.3 Å². The number of benzene rings is 1. The first-order valence-corrected chi connectivity index (χ1v) is 6.36. The third-order valence-corrected chi connectivity index (χ3v) is 2.93. The van der Waals surface area contributed by atoms with Crippen molar-refractivity contribution in [1.82, 2.24) is 0 Å². The van der Waals surface area contributed by atoms with Crippen LogP contribution in [0.1, 0.15) is 18.4 Å². The van der Waals surface area contributed by atoms with Gasteiger partial charge in [0.1, 0.15) is 6.61 Å². The summed E-state index contributed by atoms with van der Waals surface area (Å²) in [4.78, 5) is 21.6. The van der Waals surface area contributed by atoms with Gasteiger partial charge in [-0.15, -0.1) is 0 Å². The molecule has 0 saturated carbocycles. The number of esters is 1. The van der Waals surface area contributed by atoms with Crippen LogP contribution in [-0.2, 0) is 14.3 Å². The molecule has 0 spiro atoms. The van der Waals surface area contributed by atoms with E-state index in [1.54, 1.807) is 12.1 Å². The van der Waals surface area contributed by atoms with Gasteiger partial charge in [-0.25, -0.2) is 4.79 Å². The average molecular weight is 277 g/mol. The molecular weight excluding hydrogens is 262 g/mol. The minimum absolute atomic E-state index is 0.00911. The number of carbonyl (C=O) groups excluding carboxylic acids is 1. The van der Waals surface area contributed by atoms with E-state index in [0.29, 0.717) is 12.2 Å². The maximum absolute atomic E-state index is 11.5. The molecule has 1 fully saturated rings. The molecule has 0 N–H and O–H groups in total. The van der Waals surface area contributed by atoms with Crippen molar-refractivity contribution in [3.05, 3.63) is 46.0 Å². The second-order valence-corrected chi connectivity index (χ2v) is 4.45. The predicted molar refractivity (Wildman–Crippen MR) is 72.1 cm³/mol. The number of nitrogens with zero attached hydrogens (tertiary/aromatic N) is 1. The molecule has 106 valence electrons. The van der Waals surface area contributed by atoms with Crippen molar-refractivity contribution < 1.29 is 19.2 Å². The molecule has 1 aromatic rings. The summed E-state index contributed by atoms with van der Waals surface area (Å²) < 4.78 is 10.4. The van der Waals surface area contributed by atoms with Crippen molar-refractivity contribution >= 4 is 17.7 Å². The highest BCUT2D eigenvalue weighted by molar-refractivity contribution is 5.87. The zero-order valence-electron chi connectivity index (χ0n) is 10.9. The fourth-order valence-corrected chi connectivity index (χ4v) is 1.91. The van der Waals surface area contributed by atoms with Crippen LogP contribution in [0.2, 0.25) is 0 Å². The zero-order valence-corrected chi connectivity index (χ0v) is 10.9. The van der Waals surface area contributed by atoms with Crippen molar-refractivity contribution in [3.63, 3.8) is 0 Å². The van der Waals surface area contributed by atoms with Gasteiger partial charge in [0.25, 0.3) is 5.69 Å². The standard InChI is InChI=1S/C14H15NO5/c16-14(20-10-13-5-2-8-19-13)7-6-11-3-1-4-12(9-11)15(17)18/h1,3-4,6-7,9,13H,2,5,8,10H2/b7-6+/t13-/m0/s1. The van der Waals surface area contributed by atoms with Gasteiger partial charge in [-0.05, 0) is 24.5 Å². The normalized spacial score (nSPS) is 18.3. The number of nitro benzene ring substituents is 1. The highest BCUT2D eigenvalue weighted by atomic mass is 16.6. The molecule has 6 nitrogen and oxygen atoms in total. The van der Waals surface area contributed by atoms with E-state index in [1.807, 2.05) is 0 Å². The summed E-state index contributed by atoms with van der Waals surface area (Å²) in [5, 5.41) is 10.6. The Bertz CT molecular complexity index is 520. The highest BCUT2D eigenvalue weighted by Crippen LogP contribution is 2.14. The molecule has 0 aromatic heterocycles. The summed E-state index contributed by atoms with van der Waals surface area (Å²) in [5.74, 6) is -0.480. The Labute approximate surface area is 116 Å². The van der Waals surface area contributed by atoms with Gasteiger partial charge >= 0.3 is 5.97 Å². The molecule has 0 amide bonds. The quantitative estimate of drug-likeness (QED) is 0.357. The summed E-state index contributed by atoms with van der Waals surface area (Å²) in [6.07, 6.45) is 4.64. The maximum atomic E-state index is 11.5. The van der Waals surface area contributed by atoms with Crippen LogP contribution in [-0.4, -0.2) is 30.2 Å². The van der Waals surface area contributed by atoms with Crippen molar-refractivity contribution in [2.24, 2.45) is 0 Å². The molecule has 6 heteroatoms. The fraction of sp³-hybridized carbons (Fsp3) is 0.357. The molecule has 1 atom stereocenters. The Morgan fingerprint density at radius 3 is 3.10 bits per heavy atom. The van der Waals surface area contributed by atoms with Crippen LogP contribution in [0.4, 0.5) is 5.69 Å². The third-order valence-electron chi connectivity index (χ3n) is 2.93. The van der Waals surface area contributed by atoms with E-state index in [0.717, 1.165) is 12.8 Å². The Hall–Kier alpha value is -2.21. The topological polar surface area (TPSA) is 78.7 Å². The van der Waals surface area contributed by atoms with Crippen LogP contribution in [0.25, 0.3) is 6.08 Å². The first-order chi connectivity index (χ1) is 9.65. The van der Waals surface area contributed by atoms with Crippen molar-refractivity contribution in [2.75, 3.05) is 13.2 Å². The molecule has 1 aromatic carbocycles. The van der Waals surface area contributed by atoms with E-state index >= 15 is 0 Å². The average Bonchev–Trinajstić information content (AvgIpc) is 2.96. The van der Waals surface area contributed by atoms with Crippen LogP contribution in [0.5, 0.6) is 0 Å². The SMILES string of the molecule is O=C(/C=C/c1cccc([N+](=O)[O-])c1)OC[C@@H]1CCCO1. The highest BCUT2D eigenvalue weighted by Gasteiger charge is 2.16. The Morgan fingerprint density at radius 1 is 1.55 bits per heavy atom. The van der Waals surface area contributed by atoms with Gasteiger partial charge in [0.05, 0.1) is 11.0 Å². The molecule has 0 radical (unpaired) electrons. The molecule has 1 saturated heterocycles. The van der Waals surface area contributed by atoms with Crippen molar-refractivity contribution in [1.29, 1.82) is 0 Å². The molecule has 0 aliphatic carbocycles. The Kier molecular flexibility index (Phi) is 4.84. The van der Waals surface area contributed by atoms with Gasteiger partial charge in [-0.1, -0.05) is 12.1 Å². The van der Waals surface area contributed by atoms with Crippen molar-refractivity contribution in [3.8, 4) is 0 Å². The van der Waals surface area contributed by atoms with Gasteiger partial charge in [0.2, 0.25) is 0 Å². The first-order valence-electron chi connectivity index (χ1n) is 6.36. The number of ether oxygens (including phenoxy) is 2. The summed E-state index contributed by atoms with van der Waals surface area (Å²) >= 11 is 0. The van der Waals surface area contributed by atoms with Gasteiger partial charge in [0, 0.05) is 24.8 Å². The lowest BCUT2D eigenvalue weighted by molar-refractivity contribution is -0.384. The van der Waals surface area contributed by atoms with Crippen LogP contribution in [0, 0.1) is 10.1 Å². The Morgan fingerprint density at radius 2 is 2.40 bits per heavy atom. The second-order valence-electron chi connectivity index (χ2n) is 4.45. The molecule has 0 bridgehead atoms. The maximum Gasteiger partial charge on any atom is 0.330 e. The monoisotopic (exact) mass is 277 g/mol. The molecular formula is C14H15NO5. The minimum atomic E-state index is -0.480. The number of carbonyl (C=O) groups is 1. The smallest absolute Gasteiger partial charge is 0.330 e.